The highest BCUT2D eigenvalue weighted by Gasteiger charge is 2.20. The Labute approximate surface area is 135 Å². The number of ether oxygens (including phenoxy) is 3. The van der Waals surface area contributed by atoms with Gasteiger partial charge in [0.2, 0.25) is 0 Å². The van der Waals surface area contributed by atoms with Gasteiger partial charge in [-0.25, -0.2) is 0 Å². The molecule has 2 aromatic carbocycles. The minimum atomic E-state index is -0.165. The Bertz CT molecular complexity index is 699. The van der Waals surface area contributed by atoms with E-state index < -0.39 is 0 Å². The number of carbonyl (C=O) groups is 1. The van der Waals surface area contributed by atoms with Gasteiger partial charge in [0.05, 0.1) is 12.7 Å². The fourth-order valence-electron chi connectivity index (χ4n) is 2.57. The van der Waals surface area contributed by atoms with Crippen molar-refractivity contribution in [1.82, 2.24) is 5.32 Å². The molecule has 120 valence electrons. The topological polar surface area (TPSA) is 56.8 Å². The average molecular weight is 313 g/mol. The van der Waals surface area contributed by atoms with Crippen LogP contribution in [0.2, 0.25) is 0 Å². The van der Waals surface area contributed by atoms with E-state index in [9.17, 15) is 4.79 Å². The Morgan fingerprint density at radius 2 is 1.96 bits per heavy atom. The lowest BCUT2D eigenvalue weighted by Gasteiger charge is -2.20. The molecule has 1 aliphatic rings. The predicted molar refractivity (Wildman–Crippen MR) is 86.5 cm³/mol. The van der Waals surface area contributed by atoms with Gasteiger partial charge >= 0.3 is 0 Å². The van der Waals surface area contributed by atoms with Gasteiger partial charge in [-0.1, -0.05) is 24.3 Å². The van der Waals surface area contributed by atoms with Crippen LogP contribution in [0, 0.1) is 0 Å². The van der Waals surface area contributed by atoms with Crippen molar-refractivity contribution in [3.63, 3.8) is 0 Å². The van der Waals surface area contributed by atoms with Crippen LogP contribution in [0.1, 0.15) is 15.9 Å². The molecule has 1 amide bonds. The van der Waals surface area contributed by atoms with Crippen LogP contribution in [-0.2, 0) is 6.42 Å². The largest absolute Gasteiger partial charge is 0.496 e. The van der Waals surface area contributed by atoms with Crippen molar-refractivity contribution in [2.45, 2.75) is 6.42 Å². The number of methoxy groups -OCH3 is 1. The molecular formula is C18H19NO4. The summed E-state index contributed by atoms with van der Waals surface area (Å²) in [7, 11) is 1.64. The molecule has 0 aromatic heterocycles. The summed E-state index contributed by atoms with van der Waals surface area (Å²) in [6.07, 6.45) is 0.697. The highest BCUT2D eigenvalue weighted by molar-refractivity contribution is 5.97. The molecule has 0 radical (unpaired) electrons. The molecular weight excluding hydrogens is 294 g/mol. The zero-order valence-corrected chi connectivity index (χ0v) is 13.0. The summed E-state index contributed by atoms with van der Waals surface area (Å²) in [5.41, 5.74) is 1.56. The molecule has 23 heavy (non-hydrogen) atoms. The number of para-hydroxylation sites is 2. The predicted octanol–water partition coefficient (Wildman–Crippen LogP) is 2.44. The standard InChI is InChI=1S/C18H19NO4/c1-21-15-7-3-2-5-13(15)9-10-19-18(20)14-6-4-8-16-17(14)23-12-11-22-16/h2-8H,9-12H2,1H3,(H,19,20). The number of hydrogen-bond acceptors (Lipinski definition) is 4. The molecule has 2 aromatic rings. The number of hydrogen-bond donors (Lipinski definition) is 1. The van der Waals surface area contributed by atoms with E-state index >= 15 is 0 Å². The van der Waals surface area contributed by atoms with Crippen LogP contribution in [0.25, 0.3) is 0 Å². The molecule has 5 nitrogen and oxygen atoms in total. The van der Waals surface area contributed by atoms with Crippen molar-refractivity contribution >= 4 is 5.91 Å². The molecule has 3 rings (SSSR count). The van der Waals surface area contributed by atoms with Gasteiger partial charge in [0.1, 0.15) is 19.0 Å². The third-order valence-corrected chi connectivity index (χ3v) is 3.68. The maximum atomic E-state index is 12.4. The summed E-state index contributed by atoms with van der Waals surface area (Å²) in [4.78, 5) is 12.4. The van der Waals surface area contributed by atoms with Gasteiger partial charge in [0, 0.05) is 6.54 Å². The fourth-order valence-corrected chi connectivity index (χ4v) is 2.57. The molecule has 0 fully saturated rings. The van der Waals surface area contributed by atoms with Crippen LogP contribution < -0.4 is 19.5 Å². The van der Waals surface area contributed by atoms with Crippen molar-refractivity contribution in [2.24, 2.45) is 0 Å². The second kappa shape index (κ2) is 7.05. The minimum Gasteiger partial charge on any atom is -0.496 e. The van der Waals surface area contributed by atoms with E-state index in [0.717, 1.165) is 11.3 Å². The van der Waals surface area contributed by atoms with Crippen molar-refractivity contribution in [2.75, 3.05) is 26.9 Å². The van der Waals surface area contributed by atoms with Gasteiger partial charge in [-0.05, 0) is 30.2 Å². The van der Waals surface area contributed by atoms with E-state index in [1.807, 2.05) is 24.3 Å². The second-order valence-electron chi connectivity index (χ2n) is 5.15. The Balaban J connectivity index is 1.64. The van der Waals surface area contributed by atoms with Crippen LogP contribution >= 0.6 is 0 Å². The molecule has 1 aliphatic heterocycles. The van der Waals surface area contributed by atoms with E-state index in [0.29, 0.717) is 43.2 Å². The molecule has 1 heterocycles. The maximum absolute atomic E-state index is 12.4. The van der Waals surface area contributed by atoms with E-state index in [4.69, 9.17) is 14.2 Å². The van der Waals surface area contributed by atoms with Crippen LogP contribution in [0.5, 0.6) is 17.2 Å². The highest BCUT2D eigenvalue weighted by Crippen LogP contribution is 2.33. The normalized spacial score (nSPS) is 12.6. The van der Waals surface area contributed by atoms with Crippen molar-refractivity contribution in [1.29, 1.82) is 0 Å². The van der Waals surface area contributed by atoms with E-state index in [1.54, 1.807) is 25.3 Å². The first-order valence-electron chi connectivity index (χ1n) is 7.58. The fraction of sp³-hybridized carbons (Fsp3) is 0.278. The first-order chi connectivity index (χ1) is 11.3. The Morgan fingerprint density at radius 1 is 1.13 bits per heavy atom. The van der Waals surface area contributed by atoms with Gasteiger partial charge in [0.15, 0.2) is 11.5 Å². The third-order valence-electron chi connectivity index (χ3n) is 3.68. The van der Waals surface area contributed by atoms with Gasteiger partial charge in [0.25, 0.3) is 5.91 Å². The molecule has 5 heteroatoms. The third kappa shape index (κ3) is 3.39. The number of benzene rings is 2. The SMILES string of the molecule is COc1ccccc1CCNC(=O)c1cccc2c1OCCO2. The molecule has 0 saturated heterocycles. The smallest absolute Gasteiger partial charge is 0.255 e. The minimum absolute atomic E-state index is 0.165. The molecule has 0 aliphatic carbocycles. The van der Waals surface area contributed by atoms with Gasteiger partial charge < -0.3 is 19.5 Å². The number of nitrogens with one attached hydrogen (secondary N) is 1. The first-order valence-corrected chi connectivity index (χ1v) is 7.58. The van der Waals surface area contributed by atoms with Gasteiger partial charge in [-0.15, -0.1) is 0 Å². The summed E-state index contributed by atoms with van der Waals surface area (Å²) in [5, 5.41) is 2.92. The Hall–Kier alpha value is -2.69. The van der Waals surface area contributed by atoms with Gasteiger partial charge in [-0.3, -0.25) is 4.79 Å². The second-order valence-corrected chi connectivity index (χ2v) is 5.15. The van der Waals surface area contributed by atoms with Crippen LogP contribution in [0.15, 0.2) is 42.5 Å². The molecule has 0 spiro atoms. The number of fused-ring (bicyclic) bond motifs is 1. The summed E-state index contributed by atoms with van der Waals surface area (Å²) in [6.45, 7) is 1.48. The van der Waals surface area contributed by atoms with Crippen molar-refractivity contribution < 1.29 is 19.0 Å². The van der Waals surface area contributed by atoms with Crippen LogP contribution in [0.4, 0.5) is 0 Å². The summed E-state index contributed by atoms with van der Waals surface area (Å²) in [5.74, 6) is 1.81. The monoisotopic (exact) mass is 313 g/mol. The van der Waals surface area contributed by atoms with Gasteiger partial charge in [-0.2, -0.15) is 0 Å². The van der Waals surface area contributed by atoms with Crippen molar-refractivity contribution in [3.8, 4) is 17.2 Å². The lowest BCUT2D eigenvalue weighted by atomic mass is 10.1. The number of carbonyl (C=O) groups excluding carboxylic acids is 1. The molecule has 0 saturated carbocycles. The van der Waals surface area contributed by atoms with E-state index in [1.165, 1.54) is 0 Å². The maximum Gasteiger partial charge on any atom is 0.255 e. The molecule has 0 atom stereocenters. The molecule has 0 bridgehead atoms. The number of amides is 1. The summed E-state index contributed by atoms with van der Waals surface area (Å²) >= 11 is 0. The zero-order chi connectivity index (χ0) is 16.1. The quantitative estimate of drug-likeness (QED) is 0.921. The number of rotatable bonds is 5. The van der Waals surface area contributed by atoms with Crippen LogP contribution in [-0.4, -0.2) is 32.8 Å². The lowest BCUT2D eigenvalue weighted by molar-refractivity contribution is 0.0943. The molecule has 1 N–H and O–H groups in total. The zero-order valence-electron chi connectivity index (χ0n) is 13.0. The lowest BCUT2D eigenvalue weighted by Crippen LogP contribution is -2.27. The van der Waals surface area contributed by atoms with Crippen molar-refractivity contribution in [3.05, 3.63) is 53.6 Å². The van der Waals surface area contributed by atoms with Crippen LogP contribution in [0.3, 0.4) is 0 Å². The van der Waals surface area contributed by atoms with E-state index in [2.05, 4.69) is 5.32 Å². The average Bonchev–Trinajstić information content (AvgIpc) is 2.61. The Kier molecular flexibility index (Phi) is 4.66. The van der Waals surface area contributed by atoms with E-state index in [-0.39, 0.29) is 5.91 Å². The highest BCUT2D eigenvalue weighted by atomic mass is 16.6. The molecule has 0 unspecified atom stereocenters. The summed E-state index contributed by atoms with van der Waals surface area (Å²) < 4.78 is 16.4. The first kappa shape index (κ1) is 15.2. The Morgan fingerprint density at radius 3 is 2.83 bits per heavy atom. The summed E-state index contributed by atoms with van der Waals surface area (Å²) in [6, 6.07) is 13.1.